The van der Waals surface area contributed by atoms with E-state index in [1.807, 2.05) is 31.2 Å². The van der Waals surface area contributed by atoms with Gasteiger partial charge in [0, 0.05) is 5.56 Å². The Bertz CT molecular complexity index is 319. The Labute approximate surface area is 96.8 Å². The van der Waals surface area contributed by atoms with Crippen LogP contribution in [0.3, 0.4) is 0 Å². The van der Waals surface area contributed by atoms with Crippen molar-refractivity contribution in [1.29, 1.82) is 0 Å². The van der Waals surface area contributed by atoms with Crippen molar-refractivity contribution in [3.05, 3.63) is 35.4 Å². The van der Waals surface area contributed by atoms with Crippen molar-refractivity contribution in [1.82, 2.24) is 5.48 Å². The fourth-order valence-electron chi connectivity index (χ4n) is 1.40. The highest BCUT2D eigenvalue weighted by Gasteiger charge is 2.04. The number of hydroxylamine groups is 1. The van der Waals surface area contributed by atoms with Crippen molar-refractivity contribution in [2.75, 3.05) is 6.61 Å². The maximum atomic E-state index is 11.5. The third-order valence-electron chi connectivity index (χ3n) is 2.34. The van der Waals surface area contributed by atoms with Gasteiger partial charge in [-0.2, -0.15) is 0 Å². The molecule has 0 aliphatic heterocycles. The van der Waals surface area contributed by atoms with Crippen LogP contribution in [0.15, 0.2) is 24.3 Å². The van der Waals surface area contributed by atoms with Crippen molar-refractivity contribution in [3.63, 3.8) is 0 Å². The van der Waals surface area contributed by atoms with E-state index >= 15 is 0 Å². The lowest BCUT2D eigenvalue weighted by Gasteiger charge is -2.04. The molecule has 1 rings (SSSR count). The Hall–Kier alpha value is -1.35. The van der Waals surface area contributed by atoms with Crippen LogP contribution in [0, 0.1) is 0 Å². The van der Waals surface area contributed by atoms with Crippen molar-refractivity contribution in [3.8, 4) is 0 Å². The first-order valence-corrected chi connectivity index (χ1v) is 5.79. The molecule has 1 aromatic carbocycles. The van der Waals surface area contributed by atoms with Crippen LogP contribution in [0.4, 0.5) is 0 Å². The molecule has 0 atom stereocenters. The highest BCUT2D eigenvalue weighted by molar-refractivity contribution is 5.93. The van der Waals surface area contributed by atoms with Crippen LogP contribution in [0.25, 0.3) is 0 Å². The van der Waals surface area contributed by atoms with Gasteiger partial charge in [0.2, 0.25) is 0 Å². The van der Waals surface area contributed by atoms with Crippen LogP contribution in [-0.2, 0) is 11.3 Å². The first-order chi connectivity index (χ1) is 7.77. The fraction of sp³-hybridized carbons (Fsp3) is 0.462. The molecule has 1 N–H and O–H groups in total. The molecule has 0 bridgehead atoms. The number of nitrogens with one attached hydrogen (secondary N) is 1. The number of amides is 1. The SMILES string of the molecule is CCCCc1ccc(C(=O)NOCC)cc1. The van der Waals surface area contributed by atoms with Crippen LogP contribution < -0.4 is 5.48 Å². The number of hydrogen-bond acceptors (Lipinski definition) is 2. The van der Waals surface area contributed by atoms with Crippen LogP contribution in [0.2, 0.25) is 0 Å². The Morgan fingerprint density at radius 1 is 1.25 bits per heavy atom. The second kappa shape index (κ2) is 7.01. The minimum Gasteiger partial charge on any atom is -0.274 e. The average molecular weight is 221 g/mol. The number of rotatable bonds is 6. The minimum absolute atomic E-state index is 0.191. The fourth-order valence-corrected chi connectivity index (χ4v) is 1.40. The number of carbonyl (C=O) groups is 1. The van der Waals surface area contributed by atoms with E-state index in [-0.39, 0.29) is 5.91 Å². The summed E-state index contributed by atoms with van der Waals surface area (Å²) in [4.78, 5) is 16.3. The Kier molecular flexibility index (Phi) is 5.57. The van der Waals surface area contributed by atoms with Crippen molar-refractivity contribution >= 4 is 5.91 Å². The average Bonchev–Trinajstić information content (AvgIpc) is 2.34. The van der Waals surface area contributed by atoms with Crippen molar-refractivity contribution in [2.45, 2.75) is 33.1 Å². The van der Waals surface area contributed by atoms with Gasteiger partial charge in [-0.25, -0.2) is 5.48 Å². The van der Waals surface area contributed by atoms with Gasteiger partial charge in [-0.1, -0.05) is 25.5 Å². The Morgan fingerprint density at radius 2 is 1.94 bits per heavy atom. The molecule has 3 heteroatoms. The summed E-state index contributed by atoms with van der Waals surface area (Å²) in [5.74, 6) is -0.191. The number of unbranched alkanes of at least 4 members (excludes halogenated alkanes) is 1. The molecule has 0 fully saturated rings. The second-order valence-corrected chi connectivity index (χ2v) is 3.66. The molecule has 1 amide bonds. The van der Waals surface area contributed by atoms with Gasteiger partial charge in [-0.05, 0) is 37.5 Å². The van der Waals surface area contributed by atoms with E-state index in [0.717, 1.165) is 6.42 Å². The Balaban J connectivity index is 2.53. The summed E-state index contributed by atoms with van der Waals surface area (Å²) in [6.45, 7) is 4.47. The predicted octanol–water partition coefficient (Wildman–Crippen LogP) is 2.71. The molecule has 1 aromatic rings. The number of hydrogen-bond donors (Lipinski definition) is 1. The van der Waals surface area contributed by atoms with E-state index in [1.165, 1.54) is 18.4 Å². The van der Waals surface area contributed by atoms with Gasteiger partial charge >= 0.3 is 0 Å². The molecule has 0 unspecified atom stereocenters. The summed E-state index contributed by atoms with van der Waals surface area (Å²) < 4.78 is 0. The summed E-state index contributed by atoms with van der Waals surface area (Å²) in [6.07, 6.45) is 3.45. The van der Waals surface area contributed by atoms with Crippen LogP contribution in [-0.4, -0.2) is 12.5 Å². The lowest BCUT2D eigenvalue weighted by atomic mass is 10.1. The summed E-state index contributed by atoms with van der Waals surface area (Å²) in [5.41, 5.74) is 4.28. The minimum atomic E-state index is -0.191. The zero-order chi connectivity index (χ0) is 11.8. The molecular formula is C13H19NO2. The lowest BCUT2D eigenvalue weighted by Crippen LogP contribution is -2.23. The van der Waals surface area contributed by atoms with Crippen molar-refractivity contribution in [2.24, 2.45) is 0 Å². The van der Waals surface area contributed by atoms with Gasteiger partial charge in [0.1, 0.15) is 0 Å². The first kappa shape index (κ1) is 12.7. The molecule has 3 nitrogen and oxygen atoms in total. The molecule has 0 heterocycles. The van der Waals surface area contributed by atoms with Crippen LogP contribution >= 0.6 is 0 Å². The zero-order valence-electron chi connectivity index (χ0n) is 9.95. The maximum absolute atomic E-state index is 11.5. The molecule has 16 heavy (non-hydrogen) atoms. The third-order valence-corrected chi connectivity index (χ3v) is 2.34. The van der Waals surface area contributed by atoms with E-state index in [9.17, 15) is 4.79 Å². The highest BCUT2D eigenvalue weighted by Crippen LogP contribution is 2.07. The van der Waals surface area contributed by atoms with E-state index in [2.05, 4.69) is 12.4 Å². The quantitative estimate of drug-likeness (QED) is 0.750. The lowest BCUT2D eigenvalue weighted by molar-refractivity contribution is 0.0364. The molecule has 0 aromatic heterocycles. The largest absolute Gasteiger partial charge is 0.274 e. The summed E-state index contributed by atoms with van der Waals surface area (Å²) >= 11 is 0. The maximum Gasteiger partial charge on any atom is 0.274 e. The van der Waals surface area contributed by atoms with E-state index in [4.69, 9.17) is 4.84 Å². The number of aryl methyl sites for hydroxylation is 1. The molecule has 0 radical (unpaired) electrons. The van der Waals surface area contributed by atoms with Gasteiger partial charge in [0.25, 0.3) is 5.91 Å². The van der Waals surface area contributed by atoms with E-state index in [1.54, 1.807) is 0 Å². The van der Waals surface area contributed by atoms with E-state index < -0.39 is 0 Å². The summed E-state index contributed by atoms with van der Waals surface area (Å²) in [5, 5.41) is 0. The molecule has 0 aliphatic carbocycles. The topological polar surface area (TPSA) is 38.3 Å². The summed E-state index contributed by atoms with van der Waals surface area (Å²) in [7, 11) is 0. The third kappa shape index (κ3) is 4.03. The summed E-state index contributed by atoms with van der Waals surface area (Å²) in [6, 6.07) is 7.66. The second-order valence-electron chi connectivity index (χ2n) is 3.66. The normalized spacial score (nSPS) is 10.1. The molecule has 0 saturated heterocycles. The monoisotopic (exact) mass is 221 g/mol. The smallest absolute Gasteiger partial charge is 0.274 e. The molecule has 88 valence electrons. The molecule has 0 saturated carbocycles. The van der Waals surface area contributed by atoms with Crippen LogP contribution in [0.1, 0.15) is 42.6 Å². The van der Waals surface area contributed by atoms with Crippen molar-refractivity contribution < 1.29 is 9.63 Å². The highest BCUT2D eigenvalue weighted by atomic mass is 16.6. The molecule has 0 spiro atoms. The first-order valence-electron chi connectivity index (χ1n) is 5.79. The zero-order valence-corrected chi connectivity index (χ0v) is 9.95. The molecule has 0 aliphatic rings. The van der Waals surface area contributed by atoms with Gasteiger partial charge < -0.3 is 0 Å². The van der Waals surface area contributed by atoms with Gasteiger partial charge in [-0.15, -0.1) is 0 Å². The van der Waals surface area contributed by atoms with Crippen LogP contribution in [0.5, 0.6) is 0 Å². The predicted molar refractivity (Wildman–Crippen MR) is 64.1 cm³/mol. The van der Waals surface area contributed by atoms with E-state index in [0.29, 0.717) is 12.2 Å². The van der Waals surface area contributed by atoms with Gasteiger partial charge in [-0.3, -0.25) is 9.63 Å². The number of benzene rings is 1. The molecular weight excluding hydrogens is 202 g/mol. The Morgan fingerprint density at radius 3 is 2.50 bits per heavy atom. The van der Waals surface area contributed by atoms with Gasteiger partial charge in [0.15, 0.2) is 0 Å². The number of carbonyl (C=O) groups excluding carboxylic acids is 1. The standard InChI is InChI=1S/C13H19NO2/c1-3-5-6-11-7-9-12(10-8-11)13(15)14-16-4-2/h7-10H,3-6H2,1-2H3,(H,14,15). The van der Waals surface area contributed by atoms with Gasteiger partial charge in [0.05, 0.1) is 6.61 Å².